The molecule has 0 fully saturated rings. The third-order valence-electron chi connectivity index (χ3n) is 3.39. The van der Waals surface area contributed by atoms with Crippen molar-refractivity contribution in [1.29, 1.82) is 0 Å². The summed E-state index contributed by atoms with van der Waals surface area (Å²) in [6.07, 6.45) is 1.20. The average Bonchev–Trinajstić information content (AvgIpc) is 2.34. The third kappa shape index (κ3) is 4.25. The van der Waals surface area contributed by atoms with E-state index in [0.29, 0.717) is 12.0 Å². The van der Waals surface area contributed by atoms with Gasteiger partial charge in [0.1, 0.15) is 5.75 Å². The predicted molar refractivity (Wildman–Crippen MR) is 84.2 cm³/mol. The molecule has 0 aliphatic heterocycles. The molecule has 1 aromatic carbocycles. The predicted octanol–water partition coefficient (Wildman–Crippen LogP) is 4.74. The Morgan fingerprint density at radius 1 is 1.22 bits per heavy atom. The van der Waals surface area contributed by atoms with Crippen molar-refractivity contribution < 1.29 is 4.74 Å². The van der Waals surface area contributed by atoms with Crippen LogP contribution in [0.3, 0.4) is 0 Å². The molecule has 1 aromatic rings. The number of methoxy groups -OCH3 is 1. The zero-order chi connectivity index (χ0) is 13.7. The molecule has 0 amide bonds. The molecule has 0 aliphatic rings. The topological polar surface area (TPSA) is 21.3 Å². The van der Waals surface area contributed by atoms with E-state index in [1.807, 2.05) is 0 Å². The minimum atomic E-state index is 0.523. The first-order valence-electron chi connectivity index (χ1n) is 6.24. The minimum absolute atomic E-state index is 0.523. The van der Waals surface area contributed by atoms with Gasteiger partial charge >= 0.3 is 0 Å². The van der Waals surface area contributed by atoms with Crippen LogP contribution >= 0.6 is 31.9 Å². The van der Waals surface area contributed by atoms with Gasteiger partial charge in [-0.15, -0.1) is 0 Å². The molecule has 0 spiro atoms. The van der Waals surface area contributed by atoms with Gasteiger partial charge in [0.2, 0.25) is 0 Å². The molecule has 1 rings (SSSR count). The Balaban J connectivity index is 2.69. The van der Waals surface area contributed by atoms with Gasteiger partial charge in [-0.3, -0.25) is 0 Å². The Bertz CT molecular complexity index is 372. The molecule has 102 valence electrons. The first-order chi connectivity index (χ1) is 8.49. The van der Waals surface area contributed by atoms with Gasteiger partial charge in [0.05, 0.1) is 16.1 Å². The first kappa shape index (κ1) is 16.0. The van der Waals surface area contributed by atoms with E-state index in [1.54, 1.807) is 7.11 Å². The molecule has 0 saturated heterocycles. The molecule has 2 nitrogen and oxygen atoms in total. The third-order valence-corrected chi connectivity index (χ3v) is 4.57. The molecular formula is C14H21Br2NO. The molecule has 4 heteroatoms. The van der Waals surface area contributed by atoms with Crippen molar-refractivity contribution in [3.63, 3.8) is 0 Å². The van der Waals surface area contributed by atoms with E-state index in [-0.39, 0.29) is 0 Å². The summed E-state index contributed by atoms with van der Waals surface area (Å²) < 4.78 is 7.26. The highest BCUT2D eigenvalue weighted by molar-refractivity contribution is 9.11. The van der Waals surface area contributed by atoms with Crippen molar-refractivity contribution in [2.45, 2.75) is 39.8 Å². The summed E-state index contributed by atoms with van der Waals surface area (Å²) in [5.74, 6) is 1.53. The maximum Gasteiger partial charge on any atom is 0.147 e. The van der Waals surface area contributed by atoms with Crippen LogP contribution in [0, 0.1) is 5.92 Å². The molecule has 0 radical (unpaired) electrons. The van der Waals surface area contributed by atoms with Crippen LogP contribution in [0.1, 0.15) is 32.8 Å². The van der Waals surface area contributed by atoms with Crippen molar-refractivity contribution in [1.82, 2.24) is 5.32 Å². The van der Waals surface area contributed by atoms with Gasteiger partial charge in [0.15, 0.2) is 0 Å². The Hall–Kier alpha value is -0.0600. The van der Waals surface area contributed by atoms with Crippen molar-refractivity contribution in [3.05, 3.63) is 26.6 Å². The van der Waals surface area contributed by atoms with Crippen LogP contribution in [0.25, 0.3) is 0 Å². The van der Waals surface area contributed by atoms with Gasteiger partial charge in [-0.05, 0) is 62.4 Å². The molecule has 0 aliphatic carbocycles. The Morgan fingerprint density at radius 3 is 2.22 bits per heavy atom. The molecule has 2 unspecified atom stereocenters. The second-order valence-electron chi connectivity index (χ2n) is 4.65. The number of nitrogens with one attached hydrogen (secondary N) is 1. The fraction of sp³-hybridized carbons (Fsp3) is 0.571. The summed E-state index contributed by atoms with van der Waals surface area (Å²) in [5.41, 5.74) is 1.24. The van der Waals surface area contributed by atoms with Gasteiger partial charge < -0.3 is 10.1 Å². The lowest BCUT2D eigenvalue weighted by molar-refractivity contribution is 0.389. The summed E-state index contributed by atoms with van der Waals surface area (Å²) >= 11 is 7.05. The Kier molecular flexibility index (Phi) is 6.67. The van der Waals surface area contributed by atoms with Gasteiger partial charge in [-0.2, -0.15) is 0 Å². The molecule has 0 saturated carbocycles. The monoisotopic (exact) mass is 377 g/mol. The number of hydrogen-bond donors (Lipinski definition) is 1. The zero-order valence-electron chi connectivity index (χ0n) is 11.4. The fourth-order valence-electron chi connectivity index (χ4n) is 1.74. The quantitative estimate of drug-likeness (QED) is 0.771. The molecule has 2 atom stereocenters. The van der Waals surface area contributed by atoms with Crippen molar-refractivity contribution in [2.24, 2.45) is 5.92 Å². The summed E-state index contributed by atoms with van der Waals surface area (Å²) in [7, 11) is 1.67. The first-order valence-corrected chi connectivity index (χ1v) is 7.83. The maximum absolute atomic E-state index is 5.30. The van der Waals surface area contributed by atoms with Crippen LogP contribution in [-0.4, -0.2) is 13.2 Å². The normalized spacial score (nSPS) is 14.3. The lowest BCUT2D eigenvalue weighted by atomic mass is 10.0. The van der Waals surface area contributed by atoms with Crippen molar-refractivity contribution in [2.75, 3.05) is 7.11 Å². The lowest BCUT2D eigenvalue weighted by Gasteiger charge is -2.20. The van der Waals surface area contributed by atoms with Crippen LogP contribution in [0.15, 0.2) is 21.1 Å². The SMILES string of the molecule is CCC(C)C(C)NCc1cc(Br)c(OC)c(Br)c1. The summed E-state index contributed by atoms with van der Waals surface area (Å²) in [6.45, 7) is 7.61. The minimum Gasteiger partial charge on any atom is -0.494 e. The summed E-state index contributed by atoms with van der Waals surface area (Å²) in [6, 6.07) is 4.72. The van der Waals surface area contributed by atoms with Gasteiger partial charge in [0.25, 0.3) is 0 Å². The lowest BCUT2D eigenvalue weighted by Crippen LogP contribution is -2.31. The molecule has 0 aromatic heterocycles. The number of benzene rings is 1. The molecule has 0 bridgehead atoms. The molecule has 0 heterocycles. The number of halogens is 2. The van der Waals surface area contributed by atoms with Gasteiger partial charge in [-0.1, -0.05) is 20.3 Å². The highest BCUT2D eigenvalue weighted by atomic mass is 79.9. The number of rotatable bonds is 6. The van der Waals surface area contributed by atoms with Crippen molar-refractivity contribution in [3.8, 4) is 5.75 Å². The maximum atomic E-state index is 5.30. The van der Waals surface area contributed by atoms with Crippen LogP contribution in [0.4, 0.5) is 0 Å². The van der Waals surface area contributed by atoms with E-state index < -0.39 is 0 Å². The largest absolute Gasteiger partial charge is 0.494 e. The van der Waals surface area contributed by atoms with Gasteiger partial charge in [-0.25, -0.2) is 0 Å². The van der Waals surface area contributed by atoms with Crippen LogP contribution in [-0.2, 0) is 6.54 Å². The second kappa shape index (κ2) is 7.51. The Morgan fingerprint density at radius 2 is 1.78 bits per heavy atom. The fourth-order valence-corrected chi connectivity index (χ4v) is 3.35. The Labute approximate surface area is 127 Å². The van der Waals surface area contributed by atoms with E-state index in [1.165, 1.54) is 12.0 Å². The van der Waals surface area contributed by atoms with E-state index in [0.717, 1.165) is 21.2 Å². The van der Waals surface area contributed by atoms with E-state index in [9.17, 15) is 0 Å². The van der Waals surface area contributed by atoms with E-state index >= 15 is 0 Å². The van der Waals surface area contributed by atoms with E-state index in [2.05, 4.69) is 70.1 Å². The van der Waals surface area contributed by atoms with Crippen LogP contribution in [0.5, 0.6) is 5.75 Å². The molecule has 1 N–H and O–H groups in total. The highest BCUT2D eigenvalue weighted by Gasteiger charge is 2.11. The standard InChI is InChI=1S/C14H21Br2NO/c1-5-9(2)10(3)17-8-11-6-12(15)14(18-4)13(16)7-11/h6-7,9-10,17H,5,8H2,1-4H3. The number of ether oxygens (including phenoxy) is 1. The average molecular weight is 379 g/mol. The smallest absolute Gasteiger partial charge is 0.147 e. The van der Waals surface area contributed by atoms with Crippen LogP contribution < -0.4 is 10.1 Å². The molecular weight excluding hydrogens is 358 g/mol. The van der Waals surface area contributed by atoms with Gasteiger partial charge in [0, 0.05) is 12.6 Å². The summed E-state index contributed by atoms with van der Waals surface area (Å²) in [4.78, 5) is 0. The summed E-state index contributed by atoms with van der Waals surface area (Å²) in [5, 5.41) is 3.56. The van der Waals surface area contributed by atoms with E-state index in [4.69, 9.17) is 4.74 Å². The van der Waals surface area contributed by atoms with Crippen molar-refractivity contribution >= 4 is 31.9 Å². The second-order valence-corrected chi connectivity index (χ2v) is 6.36. The highest BCUT2D eigenvalue weighted by Crippen LogP contribution is 2.34. The number of hydrogen-bond acceptors (Lipinski definition) is 2. The molecule has 18 heavy (non-hydrogen) atoms. The zero-order valence-corrected chi connectivity index (χ0v) is 14.6. The van der Waals surface area contributed by atoms with Crippen LogP contribution in [0.2, 0.25) is 0 Å².